The molecule has 0 aliphatic heterocycles. The summed E-state index contributed by atoms with van der Waals surface area (Å²) in [6.45, 7) is 9.26. The monoisotopic (exact) mass is 241 g/mol. The minimum Gasteiger partial charge on any atom is -0.381 e. The molecule has 0 N–H and O–H groups in total. The zero-order chi connectivity index (χ0) is 12.8. The lowest BCUT2D eigenvalue weighted by atomic mass is 10.4. The van der Waals surface area contributed by atoms with Gasteiger partial charge in [-0.2, -0.15) is 0 Å². The van der Waals surface area contributed by atoms with E-state index in [2.05, 4.69) is 30.7 Å². The van der Waals surface area contributed by atoms with E-state index in [9.17, 15) is 0 Å². The van der Waals surface area contributed by atoms with E-state index in [0.29, 0.717) is 0 Å². The molecule has 0 fully saturated rings. The predicted molar refractivity (Wildman–Crippen MR) is 72.1 cm³/mol. The summed E-state index contributed by atoms with van der Waals surface area (Å²) in [5.41, 5.74) is 0. The van der Waals surface area contributed by atoms with Crippen LogP contribution in [0.5, 0.6) is 0 Å². The molecule has 0 aromatic rings. The van der Waals surface area contributed by atoms with Gasteiger partial charge < -0.3 is 14.4 Å². The number of nitrogens with zero attached hydrogens (tertiary/aromatic N) is 1. The van der Waals surface area contributed by atoms with Gasteiger partial charge in [0, 0.05) is 39.3 Å². The van der Waals surface area contributed by atoms with E-state index < -0.39 is 0 Å². The molecule has 0 unspecified atom stereocenters. The molecule has 0 saturated carbocycles. The standard InChI is InChI=1S/C14H27NO2/c1-4-6-7-9-15(3)10-14-17-13-8-12-16-11-5-2/h5,7-14H2,1-3H3. The Morgan fingerprint density at radius 1 is 1.00 bits per heavy atom. The lowest BCUT2D eigenvalue weighted by Gasteiger charge is -2.14. The molecule has 0 heterocycles. The second-order valence-electron chi connectivity index (χ2n) is 4.06. The molecule has 100 valence electrons. The maximum atomic E-state index is 5.53. The third-order valence-corrected chi connectivity index (χ3v) is 2.34. The van der Waals surface area contributed by atoms with Gasteiger partial charge in [0.05, 0.1) is 6.61 Å². The van der Waals surface area contributed by atoms with E-state index in [1.807, 2.05) is 6.92 Å². The molecule has 0 rings (SSSR count). The van der Waals surface area contributed by atoms with Crippen LogP contribution < -0.4 is 0 Å². The van der Waals surface area contributed by atoms with Gasteiger partial charge in [-0.3, -0.25) is 0 Å². The lowest BCUT2D eigenvalue weighted by molar-refractivity contribution is 0.0744. The highest BCUT2D eigenvalue weighted by molar-refractivity contribution is 4.95. The third-order valence-electron chi connectivity index (χ3n) is 2.34. The highest BCUT2D eigenvalue weighted by Crippen LogP contribution is 1.90. The number of ether oxygens (including phenoxy) is 2. The van der Waals surface area contributed by atoms with Gasteiger partial charge in [0.15, 0.2) is 0 Å². The first-order valence-electron chi connectivity index (χ1n) is 6.55. The van der Waals surface area contributed by atoms with E-state index in [1.54, 1.807) is 0 Å². The van der Waals surface area contributed by atoms with Crippen molar-refractivity contribution in [2.24, 2.45) is 0 Å². The predicted octanol–water partition coefficient (Wildman–Crippen LogP) is 2.16. The Morgan fingerprint density at radius 2 is 1.71 bits per heavy atom. The van der Waals surface area contributed by atoms with Crippen LogP contribution in [0.4, 0.5) is 0 Å². The van der Waals surface area contributed by atoms with Crippen molar-refractivity contribution in [1.82, 2.24) is 4.90 Å². The van der Waals surface area contributed by atoms with E-state index in [0.717, 1.165) is 58.8 Å². The van der Waals surface area contributed by atoms with E-state index in [1.165, 1.54) is 0 Å². The maximum Gasteiger partial charge on any atom is 0.0593 e. The summed E-state index contributed by atoms with van der Waals surface area (Å²) in [4.78, 5) is 2.25. The fourth-order valence-electron chi connectivity index (χ4n) is 1.32. The molecule has 0 aromatic carbocycles. The summed E-state index contributed by atoms with van der Waals surface area (Å²) in [7, 11) is 2.10. The van der Waals surface area contributed by atoms with Crippen LogP contribution in [0.25, 0.3) is 0 Å². The molecule has 3 heteroatoms. The highest BCUT2D eigenvalue weighted by atomic mass is 16.5. The zero-order valence-electron chi connectivity index (χ0n) is 11.6. The fourth-order valence-corrected chi connectivity index (χ4v) is 1.32. The minimum absolute atomic E-state index is 0.795. The normalized spacial score (nSPS) is 10.4. The maximum absolute atomic E-state index is 5.53. The molecule has 3 nitrogen and oxygen atoms in total. The topological polar surface area (TPSA) is 21.7 Å². The highest BCUT2D eigenvalue weighted by Gasteiger charge is 1.96. The van der Waals surface area contributed by atoms with Crippen LogP contribution >= 0.6 is 0 Å². The third kappa shape index (κ3) is 13.4. The second-order valence-corrected chi connectivity index (χ2v) is 4.06. The molecule has 0 radical (unpaired) electrons. The van der Waals surface area contributed by atoms with Crippen LogP contribution in [-0.4, -0.2) is 51.5 Å². The SMILES string of the molecule is CC#CCCN(C)CCOCCCOCCC. The van der Waals surface area contributed by atoms with E-state index in [4.69, 9.17) is 9.47 Å². The molecular formula is C14H27NO2. The molecular weight excluding hydrogens is 214 g/mol. The number of likely N-dealkylation sites (N-methyl/N-ethyl adjacent to an activating group) is 1. The van der Waals surface area contributed by atoms with Crippen LogP contribution in [-0.2, 0) is 9.47 Å². The average molecular weight is 241 g/mol. The number of hydrogen-bond donors (Lipinski definition) is 0. The second kappa shape index (κ2) is 13.5. The molecule has 0 atom stereocenters. The zero-order valence-corrected chi connectivity index (χ0v) is 11.6. The van der Waals surface area contributed by atoms with Crippen molar-refractivity contribution in [2.75, 3.05) is 46.6 Å². The largest absolute Gasteiger partial charge is 0.381 e. The first-order chi connectivity index (χ1) is 8.31. The molecule has 0 aromatic heterocycles. The van der Waals surface area contributed by atoms with Crippen LogP contribution in [0.1, 0.15) is 33.1 Å². The Morgan fingerprint density at radius 3 is 2.35 bits per heavy atom. The van der Waals surface area contributed by atoms with Gasteiger partial charge in [-0.25, -0.2) is 0 Å². The van der Waals surface area contributed by atoms with Gasteiger partial charge in [0.1, 0.15) is 0 Å². The van der Waals surface area contributed by atoms with Crippen LogP contribution in [0, 0.1) is 11.8 Å². The quantitative estimate of drug-likeness (QED) is 0.409. The molecule has 0 saturated heterocycles. The van der Waals surface area contributed by atoms with Crippen molar-refractivity contribution in [3.8, 4) is 11.8 Å². The van der Waals surface area contributed by atoms with Gasteiger partial charge in [-0.15, -0.1) is 11.8 Å². The smallest absolute Gasteiger partial charge is 0.0593 e. The van der Waals surface area contributed by atoms with Gasteiger partial charge in [0.2, 0.25) is 0 Å². The minimum atomic E-state index is 0.795. The van der Waals surface area contributed by atoms with Crippen molar-refractivity contribution < 1.29 is 9.47 Å². The molecule has 0 amide bonds. The first-order valence-corrected chi connectivity index (χ1v) is 6.55. The first kappa shape index (κ1) is 16.4. The molecule has 17 heavy (non-hydrogen) atoms. The molecule has 0 aliphatic rings. The molecule has 0 bridgehead atoms. The Labute approximate surface area is 106 Å². The fraction of sp³-hybridized carbons (Fsp3) is 0.857. The summed E-state index contributed by atoms with van der Waals surface area (Å²) in [6, 6.07) is 0. The summed E-state index contributed by atoms with van der Waals surface area (Å²) < 4.78 is 10.9. The van der Waals surface area contributed by atoms with Gasteiger partial charge in [-0.1, -0.05) is 6.92 Å². The van der Waals surface area contributed by atoms with E-state index in [-0.39, 0.29) is 0 Å². The average Bonchev–Trinajstić information content (AvgIpc) is 2.33. The van der Waals surface area contributed by atoms with Crippen LogP contribution in [0.15, 0.2) is 0 Å². The Kier molecular flexibility index (Phi) is 13.1. The van der Waals surface area contributed by atoms with Crippen LogP contribution in [0.2, 0.25) is 0 Å². The van der Waals surface area contributed by atoms with Crippen LogP contribution in [0.3, 0.4) is 0 Å². The number of rotatable bonds is 11. The Bertz CT molecular complexity index is 208. The van der Waals surface area contributed by atoms with Crippen molar-refractivity contribution in [3.05, 3.63) is 0 Å². The number of hydrogen-bond acceptors (Lipinski definition) is 3. The van der Waals surface area contributed by atoms with Crippen molar-refractivity contribution in [1.29, 1.82) is 0 Å². The lowest BCUT2D eigenvalue weighted by Crippen LogP contribution is -2.24. The van der Waals surface area contributed by atoms with E-state index >= 15 is 0 Å². The Hall–Kier alpha value is -0.560. The summed E-state index contributed by atoms with van der Waals surface area (Å²) in [6.07, 6.45) is 3.02. The van der Waals surface area contributed by atoms with Gasteiger partial charge in [-0.05, 0) is 26.8 Å². The molecule has 0 spiro atoms. The van der Waals surface area contributed by atoms with Gasteiger partial charge >= 0.3 is 0 Å². The summed E-state index contributed by atoms with van der Waals surface area (Å²) in [5.74, 6) is 5.96. The Balaban J connectivity index is 3.12. The van der Waals surface area contributed by atoms with Crippen molar-refractivity contribution >= 4 is 0 Å². The summed E-state index contributed by atoms with van der Waals surface area (Å²) in [5, 5.41) is 0. The van der Waals surface area contributed by atoms with Gasteiger partial charge in [0.25, 0.3) is 0 Å². The molecule has 0 aliphatic carbocycles. The van der Waals surface area contributed by atoms with Crippen molar-refractivity contribution in [2.45, 2.75) is 33.1 Å². The van der Waals surface area contributed by atoms with Crippen molar-refractivity contribution in [3.63, 3.8) is 0 Å². The summed E-state index contributed by atoms with van der Waals surface area (Å²) >= 11 is 0.